The Hall–Kier alpha value is -2.74. The number of hydrogen-bond acceptors (Lipinski definition) is 5. The fraction of sp³-hybridized carbons (Fsp3) is 0.368. The van der Waals surface area contributed by atoms with Gasteiger partial charge in [0.1, 0.15) is 23.9 Å². The Morgan fingerprint density at radius 2 is 2.17 bits per heavy atom. The van der Waals surface area contributed by atoms with Crippen LogP contribution in [0.4, 0.5) is 5.88 Å². The van der Waals surface area contributed by atoms with E-state index in [0.29, 0.717) is 23.6 Å². The van der Waals surface area contributed by atoms with E-state index in [1.807, 2.05) is 38.1 Å². The average Bonchev–Trinajstić information content (AvgIpc) is 2.89. The van der Waals surface area contributed by atoms with Gasteiger partial charge in [-0.2, -0.15) is 5.26 Å². The molecule has 1 aromatic heterocycles. The maximum Gasteiger partial charge on any atom is 0.325 e. The molecule has 126 valence electrons. The van der Waals surface area contributed by atoms with Crippen LogP contribution in [0.1, 0.15) is 37.5 Å². The Labute approximate surface area is 142 Å². The molecule has 1 heterocycles. The van der Waals surface area contributed by atoms with Crippen LogP contribution in [0.25, 0.3) is 11.3 Å². The first kappa shape index (κ1) is 17.6. The number of carbonyl (C=O) groups is 1. The number of esters is 1. The largest absolute Gasteiger partial charge is 0.462 e. The van der Waals surface area contributed by atoms with Gasteiger partial charge in [0.25, 0.3) is 0 Å². The van der Waals surface area contributed by atoms with Crippen molar-refractivity contribution in [2.24, 2.45) is 0 Å². The fourth-order valence-corrected chi connectivity index (χ4v) is 2.52. The molecular formula is C19H22N2O3. The minimum absolute atomic E-state index is 0.0449. The van der Waals surface area contributed by atoms with Crippen molar-refractivity contribution in [3.63, 3.8) is 0 Å². The van der Waals surface area contributed by atoms with E-state index < -0.39 is 0 Å². The molecule has 5 heteroatoms. The second-order valence-electron chi connectivity index (χ2n) is 5.84. The lowest BCUT2D eigenvalue weighted by molar-refractivity contribution is -0.145. The molecule has 0 aliphatic rings. The third-order valence-corrected chi connectivity index (χ3v) is 3.51. The van der Waals surface area contributed by atoms with Crippen LogP contribution in [-0.2, 0) is 16.0 Å². The van der Waals surface area contributed by atoms with Crippen molar-refractivity contribution in [3.8, 4) is 17.4 Å². The Kier molecular flexibility index (Phi) is 5.64. The van der Waals surface area contributed by atoms with Crippen molar-refractivity contribution in [3.05, 3.63) is 41.0 Å². The summed E-state index contributed by atoms with van der Waals surface area (Å²) >= 11 is 0. The second-order valence-corrected chi connectivity index (χ2v) is 5.84. The number of ether oxygens (including phenoxy) is 1. The molecular weight excluding hydrogens is 304 g/mol. The van der Waals surface area contributed by atoms with E-state index in [1.165, 1.54) is 0 Å². The van der Waals surface area contributed by atoms with Gasteiger partial charge in [0.2, 0.25) is 5.88 Å². The Bertz CT molecular complexity index is 769. The molecule has 0 atom stereocenters. The van der Waals surface area contributed by atoms with Gasteiger partial charge in [-0.15, -0.1) is 0 Å². The molecule has 0 spiro atoms. The summed E-state index contributed by atoms with van der Waals surface area (Å²) in [4.78, 5) is 11.7. The quantitative estimate of drug-likeness (QED) is 0.810. The van der Waals surface area contributed by atoms with Gasteiger partial charge in [-0.05, 0) is 33.3 Å². The maximum atomic E-state index is 11.7. The maximum absolute atomic E-state index is 11.7. The minimum atomic E-state index is -0.388. The van der Waals surface area contributed by atoms with Gasteiger partial charge < -0.3 is 14.5 Å². The number of hydrogen-bond donors (Lipinski definition) is 1. The summed E-state index contributed by atoms with van der Waals surface area (Å²) in [7, 11) is 0. The van der Waals surface area contributed by atoms with Crippen molar-refractivity contribution in [2.45, 2.75) is 40.2 Å². The molecule has 0 fully saturated rings. The lowest BCUT2D eigenvalue weighted by atomic mass is 10.0. The molecule has 0 saturated carbocycles. The van der Waals surface area contributed by atoms with Crippen LogP contribution >= 0.6 is 0 Å². The van der Waals surface area contributed by atoms with Crippen molar-refractivity contribution < 1.29 is 13.9 Å². The first-order chi connectivity index (χ1) is 11.5. The summed E-state index contributed by atoms with van der Waals surface area (Å²) in [5.74, 6) is 0.587. The molecule has 0 aliphatic carbocycles. The molecule has 0 bridgehead atoms. The Balaban J connectivity index is 2.33. The molecule has 0 radical (unpaired) electrons. The zero-order valence-corrected chi connectivity index (χ0v) is 14.5. The zero-order chi connectivity index (χ0) is 17.7. The number of aryl methyl sites for hydroxylation is 1. The number of anilines is 1. The smallest absolute Gasteiger partial charge is 0.325 e. The van der Waals surface area contributed by atoms with Crippen LogP contribution < -0.4 is 5.32 Å². The monoisotopic (exact) mass is 326 g/mol. The molecule has 2 aromatic rings. The summed E-state index contributed by atoms with van der Waals surface area (Å²) in [5, 5.41) is 12.4. The Morgan fingerprint density at radius 1 is 1.42 bits per heavy atom. The van der Waals surface area contributed by atoms with Crippen LogP contribution in [0.15, 0.2) is 28.7 Å². The first-order valence-electron chi connectivity index (χ1n) is 8.02. The van der Waals surface area contributed by atoms with Crippen molar-refractivity contribution in [1.29, 1.82) is 5.26 Å². The van der Waals surface area contributed by atoms with E-state index in [1.54, 1.807) is 13.8 Å². The van der Waals surface area contributed by atoms with Gasteiger partial charge in [0.05, 0.1) is 6.10 Å². The van der Waals surface area contributed by atoms with Crippen molar-refractivity contribution in [1.82, 2.24) is 0 Å². The number of furan rings is 1. The third-order valence-electron chi connectivity index (χ3n) is 3.51. The van der Waals surface area contributed by atoms with Gasteiger partial charge in [-0.1, -0.05) is 30.7 Å². The summed E-state index contributed by atoms with van der Waals surface area (Å²) in [6, 6.07) is 10.1. The first-order valence-corrected chi connectivity index (χ1v) is 8.02. The average molecular weight is 326 g/mol. The predicted molar refractivity (Wildman–Crippen MR) is 92.7 cm³/mol. The van der Waals surface area contributed by atoms with Gasteiger partial charge >= 0.3 is 5.97 Å². The summed E-state index contributed by atoms with van der Waals surface area (Å²) in [5.41, 5.74) is 3.30. The highest BCUT2D eigenvalue weighted by molar-refractivity contribution is 5.77. The Morgan fingerprint density at radius 3 is 2.75 bits per heavy atom. The lowest BCUT2D eigenvalue weighted by Crippen LogP contribution is -2.20. The van der Waals surface area contributed by atoms with Crippen molar-refractivity contribution in [2.75, 3.05) is 11.9 Å². The topological polar surface area (TPSA) is 75.3 Å². The minimum Gasteiger partial charge on any atom is -0.462 e. The third kappa shape index (κ3) is 3.96. The lowest BCUT2D eigenvalue weighted by Gasteiger charge is -2.08. The number of nitrogens with zero attached hydrogens (tertiary/aromatic N) is 1. The van der Waals surface area contributed by atoms with E-state index in [9.17, 15) is 10.1 Å². The molecule has 1 aromatic carbocycles. The van der Waals surface area contributed by atoms with E-state index in [2.05, 4.69) is 11.4 Å². The van der Waals surface area contributed by atoms with E-state index in [0.717, 1.165) is 16.7 Å². The normalized spacial score (nSPS) is 10.5. The number of rotatable bonds is 6. The number of nitriles is 1. The molecule has 1 N–H and O–H groups in total. The molecule has 24 heavy (non-hydrogen) atoms. The van der Waals surface area contributed by atoms with E-state index in [4.69, 9.17) is 9.15 Å². The van der Waals surface area contributed by atoms with Gasteiger partial charge in [0, 0.05) is 11.1 Å². The van der Waals surface area contributed by atoms with Gasteiger partial charge in [-0.25, -0.2) is 0 Å². The van der Waals surface area contributed by atoms with E-state index >= 15 is 0 Å². The summed E-state index contributed by atoms with van der Waals surface area (Å²) in [6.07, 6.45) is 0.480. The highest BCUT2D eigenvalue weighted by Crippen LogP contribution is 2.35. The fourth-order valence-electron chi connectivity index (χ4n) is 2.52. The second kappa shape index (κ2) is 7.69. The summed E-state index contributed by atoms with van der Waals surface area (Å²) in [6.45, 7) is 7.51. The standard InChI is InChI=1S/C19H22N2O3/c1-5-15-16(10-20)19(21-11-17(22)23-12(2)3)24-18(15)14-8-6-7-13(4)9-14/h6-9,12,21H,5,11H2,1-4H3. The van der Waals surface area contributed by atoms with Crippen LogP contribution in [0, 0.1) is 18.3 Å². The van der Waals surface area contributed by atoms with Gasteiger partial charge in [0.15, 0.2) is 0 Å². The van der Waals surface area contributed by atoms with Crippen LogP contribution in [0.3, 0.4) is 0 Å². The number of nitrogens with one attached hydrogen (secondary N) is 1. The van der Waals surface area contributed by atoms with E-state index in [-0.39, 0.29) is 18.6 Å². The number of benzene rings is 1. The van der Waals surface area contributed by atoms with Gasteiger partial charge in [-0.3, -0.25) is 4.79 Å². The molecule has 0 aliphatic heterocycles. The predicted octanol–water partition coefficient (Wildman–Crippen LogP) is 4.05. The molecule has 2 rings (SSSR count). The highest BCUT2D eigenvalue weighted by atomic mass is 16.5. The molecule has 5 nitrogen and oxygen atoms in total. The highest BCUT2D eigenvalue weighted by Gasteiger charge is 2.21. The zero-order valence-electron chi connectivity index (χ0n) is 14.5. The van der Waals surface area contributed by atoms with Crippen molar-refractivity contribution >= 4 is 11.9 Å². The van der Waals surface area contributed by atoms with Crippen LogP contribution in [0.2, 0.25) is 0 Å². The molecule has 0 amide bonds. The molecule has 0 saturated heterocycles. The molecule has 0 unspecified atom stereocenters. The van der Waals surface area contributed by atoms with Crippen LogP contribution in [0.5, 0.6) is 0 Å². The SMILES string of the molecule is CCc1c(-c2cccc(C)c2)oc(NCC(=O)OC(C)C)c1C#N. The number of carbonyl (C=O) groups excluding carboxylic acids is 1. The van der Waals surface area contributed by atoms with Crippen LogP contribution in [-0.4, -0.2) is 18.6 Å². The summed E-state index contributed by atoms with van der Waals surface area (Å²) < 4.78 is 11.0.